The van der Waals surface area contributed by atoms with E-state index < -0.39 is 0 Å². The van der Waals surface area contributed by atoms with Crippen molar-refractivity contribution in [1.82, 2.24) is 9.88 Å². The van der Waals surface area contributed by atoms with Crippen LogP contribution in [0.3, 0.4) is 0 Å². The van der Waals surface area contributed by atoms with Crippen LogP contribution in [-0.4, -0.2) is 40.7 Å². The lowest BCUT2D eigenvalue weighted by molar-refractivity contribution is -0.114. The minimum absolute atomic E-state index is 0.0345. The summed E-state index contributed by atoms with van der Waals surface area (Å²) in [6.45, 7) is 0.428. The molecule has 0 aliphatic carbocycles. The largest absolute Gasteiger partial charge is 0.491 e. The third-order valence-corrected chi connectivity index (χ3v) is 5.45. The van der Waals surface area contributed by atoms with Crippen LogP contribution in [0.25, 0.3) is 11.3 Å². The Bertz CT molecular complexity index is 1210. The standard InChI is InChI=1S/C23H20ClN5O3/c24-17-7-3-8-28-20(17)13-11-16(21(26)27)19(25)18(12-13)32-10-4-9-29-22(30)14-5-1-2-6-15(14)23(29)31/h1-3,5-8,11-12H,4,9-10,25H2,(H3,26,27)/p+1. The highest BCUT2D eigenvalue weighted by molar-refractivity contribution is 6.33. The molecule has 0 saturated carbocycles. The Morgan fingerprint density at radius 3 is 2.41 bits per heavy atom. The van der Waals surface area contributed by atoms with Crippen LogP contribution in [0.2, 0.25) is 5.02 Å². The van der Waals surface area contributed by atoms with E-state index in [1.165, 1.54) is 4.90 Å². The lowest BCUT2D eigenvalue weighted by Crippen LogP contribution is -2.46. The van der Waals surface area contributed by atoms with Crippen molar-refractivity contribution < 1.29 is 19.7 Å². The summed E-state index contributed by atoms with van der Waals surface area (Å²) >= 11 is 6.27. The molecule has 9 heteroatoms. The molecule has 0 bridgehead atoms. The first-order valence-electron chi connectivity index (χ1n) is 9.89. The van der Waals surface area contributed by atoms with Crippen LogP contribution < -0.4 is 21.6 Å². The number of amides is 2. The van der Waals surface area contributed by atoms with Crippen LogP contribution in [0.1, 0.15) is 32.7 Å². The molecule has 1 aliphatic heterocycles. The second-order valence-electron chi connectivity index (χ2n) is 7.23. The maximum atomic E-state index is 12.5. The summed E-state index contributed by atoms with van der Waals surface area (Å²) < 4.78 is 5.87. The van der Waals surface area contributed by atoms with E-state index in [2.05, 4.69) is 4.98 Å². The highest BCUT2D eigenvalue weighted by atomic mass is 35.5. The number of hydrogen-bond acceptors (Lipinski definition) is 5. The fourth-order valence-electron chi connectivity index (χ4n) is 3.57. The highest BCUT2D eigenvalue weighted by Crippen LogP contribution is 2.34. The quantitative estimate of drug-likeness (QED) is 0.164. The summed E-state index contributed by atoms with van der Waals surface area (Å²) in [4.78, 5) is 30.5. The molecular formula is C23H21ClN5O3+. The Kier molecular flexibility index (Phi) is 5.79. The average molecular weight is 451 g/mol. The number of nitrogens with zero attached hydrogens (tertiary/aromatic N) is 2. The van der Waals surface area contributed by atoms with Crippen LogP contribution in [0, 0.1) is 0 Å². The van der Waals surface area contributed by atoms with Gasteiger partial charge in [0, 0.05) is 18.3 Å². The second-order valence-corrected chi connectivity index (χ2v) is 7.64. The van der Waals surface area contributed by atoms with Crippen molar-refractivity contribution in [1.29, 1.82) is 0 Å². The topological polar surface area (TPSA) is 137 Å². The smallest absolute Gasteiger partial charge is 0.272 e. The summed E-state index contributed by atoms with van der Waals surface area (Å²) in [5.74, 6) is -0.211. The Morgan fingerprint density at radius 1 is 1.09 bits per heavy atom. The zero-order valence-corrected chi connectivity index (χ0v) is 17.8. The Morgan fingerprint density at radius 2 is 1.78 bits per heavy atom. The number of hydrogen-bond donors (Lipinski definition) is 3. The number of carbonyl (C=O) groups is 2. The number of nitrogens with two attached hydrogens (primary N) is 3. The van der Waals surface area contributed by atoms with Gasteiger partial charge in [0.15, 0.2) is 0 Å². The summed E-state index contributed by atoms with van der Waals surface area (Å²) in [6.07, 6.45) is 2.03. The molecule has 32 heavy (non-hydrogen) atoms. The van der Waals surface area contributed by atoms with Crippen molar-refractivity contribution in [2.45, 2.75) is 6.42 Å². The van der Waals surface area contributed by atoms with E-state index in [0.29, 0.717) is 45.1 Å². The maximum Gasteiger partial charge on any atom is 0.272 e. The first kappa shape index (κ1) is 21.3. The Labute approximate surface area is 189 Å². The number of carbonyl (C=O) groups excluding carboxylic acids is 2. The lowest BCUT2D eigenvalue weighted by Gasteiger charge is -2.16. The first-order valence-corrected chi connectivity index (χ1v) is 10.3. The number of nitrogen functional groups attached to an aromatic ring is 1. The van der Waals surface area contributed by atoms with Crippen molar-refractivity contribution in [2.75, 3.05) is 18.9 Å². The van der Waals surface area contributed by atoms with Gasteiger partial charge in [-0.3, -0.25) is 30.6 Å². The molecule has 0 spiro atoms. The molecule has 2 aromatic carbocycles. The number of imide groups is 1. The summed E-state index contributed by atoms with van der Waals surface area (Å²) in [6, 6.07) is 13.6. The number of fused-ring (bicyclic) bond motifs is 1. The molecule has 4 rings (SSSR count). The van der Waals surface area contributed by atoms with Crippen LogP contribution in [0.5, 0.6) is 5.75 Å². The van der Waals surface area contributed by atoms with Gasteiger partial charge in [0.05, 0.1) is 39.7 Å². The number of anilines is 1. The molecule has 0 saturated heterocycles. The predicted octanol–water partition coefficient (Wildman–Crippen LogP) is 1.51. The van der Waals surface area contributed by atoms with E-state index in [0.717, 1.165) is 0 Å². The van der Waals surface area contributed by atoms with E-state index in [4.69, 9.17) is 33.2 Å². The SMILES string of the molecule is NC(=[NH2+])c1cc(-c2ncccc2Cl)cc(OCCCN2C(=O)c3ccccc3C2=O)c1N. The fraction of sp³-hybridized carbons (Fsp3) is 0.130. The average Bonchev–Trinajstić information content (AvgIpc) is 3.02. The third-order valence-electron chi connectivity index (χ3n) is 5.15. The van der Waals surface area contributed by atoms with Gasteiger partial charge in [-0.15, -0.1) is 0 Å². The monoisotopic (exact) mass is 450 g/mol. The lowest BCUT2D eigenvalue weighted by atomic mass is 10.0. The van der Waals surface area contributed by atoms with Crippen LogP contribution in [0.4, 0.5) is 5.69 Å². The van der Waals surface area contributed by atoms with Gasteiger partial charge in [0.2, 0.25) is 0 Å². The van der Waals surface area contributed by atoms with Crippen LogP contribution in [0.15, 0.2) is 54.7 Å². The van der Waals surface area contributed by atoms with Crippen molar-refractivity contribution in [3.8, 4) is 17.0 Å². The second kappa shape index (κ2) is 8.68. The maximum absolute atomic E-state index is 12.5. The molecule has 2 heterocycles. The molecule has 0 fully saturated rings. The highest BCUT2D eigenvalue weighted by Gasteiger charge is 2.34. The number of aromatic nitrogens is 1. The minimum Gasteiger partial charge on any atom is -0.491 e. The van der Waals surface area contributed by atoms with Gasteiger partial charge in [-0.05, 0) is 42.8 Å². The van der Waals surface area contributed by atoms with Gasteiger partial charge in [-0.1, -0.05) is 23.7 Å². The molecule has 1 aromatic heterocycles. The van der Waals surface area contributed by atoms with Crippen molar-refractivity contribution in [2.24, 2.45) is 5.73 Å². The molecule has 0 radical (unpaired) electrons. The Hall–Kier alpha value is -3.91. The van der Waals surface area contributed by atoms with Crippen molar-refractivity contribution in [3.05, 3.63) is 76.4 Å². The molecule has 3 aromatic rings. The molecule has 0 atom stereocenters. The molecular weight excluding hydrogens is 430 g/mol. The van der Waals surface area contributed by atoms with E-state index in [-0.39, 0.29) is 36.5 Å². The summed E-state index contributed by atoms with van der Waals surface area (Å²) in [7, 11) is 0. The molecule has 8 nitrogen and oxygen atoms in total. The molecule has 1 aliphatic rings. The Balaban J connectivity index is 1.49. The fourth-order valence-corrected chi connectivity index (χ4v) is 3.80. The zero-order valence-electron chi connectivity index (χ0n) is 17.0. The first-order chi connectivity index (χ1) is 15.4. The van der Waals surface area contributed by atoms with Gasteiger partial charge >= 0.3 is 0 Å². The number of benzene rings is 2. The van der Waals surface area contributed by atoms with E-state index in [1.807, 2.05) is 0 Å². The van der Waals surface area contributed by atoms with Crippen LogP contribution >= 0.6 is 11.6 Å². The summed E-state index contributed by atoms with van der Waals surface area (Å²) in [5.41, 5.74) is 14.7. The molecule has 0 unspecified atom stereocenters. The number of ether oxygens (including phenoxy) is 1. The zero-order chi connectivity index (χ0) is 22.8. The number of pyridine rings is 1. The number of amidine groups is 1. The number of rotatable bonds is 7. The van der Waals surface area contributed by atoms with Gasteiger partial charge in [0.25, 0.3) is 17.6 Å². The molecule has 162 valence electrons. The van der Waals surface area contributed by atoms with Crippen LogP contribution in [-0.2, 0) is 0 Å². The molecule has 6 N–H and O–H groups in total. The van der Waals surface area contributed by atoms with Crippen molar-refractivity contribution >= 4 is 34.9 Å². The van der Waals surface area contributed by atoms with E-state index in [9.17, 15) is 9.59 Å². The van der Waals surface area contributed by atoms with Gasteiger partial charge in [-0.2, -0.15) is 0 Å². The van der Waals surface area contributed by atoms with E-state index in [1.54, 1.807) is 54.7 Å². The van der Waals surface area contributed by atoms with Gasteiger partial charge < -0.3 is 10.5 Å². The normalized spacial score (nSPS) is 12.7. The van der Waals surface area contributed by atoms with Crippen molar-refractivity contribution in [3.63, 3.8) is 0 Å². The van der Waals surface area contributed by atoms with Gasteiger partial charge in [0.1, 0.15) is 5.75 Å². The molecule has 2 amide bonds. The van der Waals surface area contributed by atoms with Gasteiger partial charge in [-0.25, -0.2) is 0 Å². The minimum atomic E-state index is -0.301. The number of halogens is 1. The predicted molar refractivity (Wildman–Crippen MR) is 121 cm³/mol. The summed E-state index contributed by atoms with van der Waals surface area (Å²) in [5, 5.41) is 6.26. The third kappa shape index (κ3) is 3.88. The van der Waals surface area contributed by atoms with E-state index >= 15 is 0 Å².